The van der Waals surface area contributed by atoms with Gasteiger partial charge in [-0.15, -0.1) is 0 Å². The molecule has 0 unspecified atom stereocenters. The highest BCUT2D eigenvalue weighted by Gasteiger charge is 2.08. The van der Waals surface area contributed by atoms with Crippen molar-refractivity contribution in [2.45, 2.75) is 20.5 Å². The molecule has 2 aromatic carbocycles. The second-order valence-corrected chi connectivity index (χ2v) is 5.46. The number of aromatic nitrogens is 1. The predicted octanol–water partition coefficient (Wildman–Crippen LogP) is 4.55. The summed E-state index contributed by atoms with van der Waals surface area (Å²) in [5, 5.41) is 4.10. The number of hydrogen-bond donors (Lipinski definition) is 0. The van der Waals surface area contributed by atoms with Crippen LogP contribution in [0.3, 0.4) is 0 Å². The quantitative estimate of drug-likeness (QED) is 0.694. The molecule has 23 heavy (non-hydrogen) atoms. The Kier molecular flexibility index (Phi) is 4.33. The van der Waals surface area contributed by atoms with Crippen molar-refractivity contribution in [3.8, 4) is 22.8 Å². The van der Waals surface area contributed by atoms with E-state index in [9.17, 15) is 0 Å². The zero-order valence-electron chi connectivity index (χ0n) is 13.5. The zero-order valence-corrected chi connectivity index (χ0v) is 13.5. The Hall–Kier alpha value is -2.75. The van der Waals surface area contributed by atoms with E-state index in [4.69, 9.17) is 14.0 Å². The smallest absolute Gasteiger partial charge is 0.174 e. The molecule has 0 N–H and O–H groups in total. The van der Waals surface area contributed by atoms with Gasteiger partial charge in [0.25, 0.3) is 0 Å². The van der Waals surface area contributed by atoms with E-state index in [1.165, 1.54) is 5.56 Å². The molecule has 3 rings (SSSR count). The Morgan fingerprint density at radius 2 is 1.78 bits per heavy atom. The first-order chi connectivity index (χ1) is 11.2. The fourth-order valence-corrected chi connectivity index (χ4v) is 2.29. The van der Waals surface area contributed by atoms with Crippen molar-refractivity contribution in [1.29, 1.82) is 0 Å². The number of hydrogen-bond acceptors (Lipinski definition) is 4. The second-order valence-electron chi connectivity index (χ2n) is 5.46. The van der Waals surface area contributed by atoms with E-state index in [-0.39, 0.29) is 0 Å². The molecular weight excluding hydrogens is 290 g/mol. The molecule has 0 bridgehead atoms. The molecule has 1 heterocycles. The molecular formula is C19H19NO3. The molecule has 3 aromatic rings. The van der Waals surface area contributed by atoms with Gasteiger partial charge in [0.05, 0.1) is 7.11 Å². The van der Waals surface area contributed by atoms with E-state index in [0.717, 1.165) is 28.3 Å². The van der Waals surface area contributed by atoms with Crippen molar-refractivity contribution in [3.63, 3.8) is 0 Å². The van der Waals surface area contributed by atoms with Crippen molar-refractivity contribution in [3.05, 3.63) is 65.4 Å². The summed E-state index contributed by atoms with van der Waals surface area (Å²) in [7, 11) is 1.65. The van der Waals surface area contributed by atoms with Crippen LogP contribution in [-0.4, -0.2) is 12.3 Å². The van der Waals surface area contributed by atoms with E-state index in [2.05, 4.69) is 11.2 Å². The Morgan fingerprint density at radius 3 is 2.52 bits per heavy atom. The van der Waals surface area contributed by atoms with Gasteiger partial charge < -0.3 is 14.0 Å². The lowest BCUT2D eigenvalue weighted by Crippen LogP contribution is -1.96. The minimum absolute atomic E-state index is 0.355. The van der Waals surface area contributed by atoms with Crippen LogP contribution < -0.4 is 9.47 Å². The Labute approximate surface area is 135 Å². The van der Waals surface area contributed by atoms with E-state index >= 15 is 0 Å². The average molecular weight is 309 g/mol. The van der Waals surface area contributed by atoms with E-state index in [1.807, 2.05) is 56.3 Å². The van der Waals surface area contributed by atoms with Crippen LogP contribution in [0, 0.1) is 13.8 Å². The first-order valence-corrected chi connectivity index (χ1v) is 7.46. The highest BCUT2D eigenvalue weighted by atomic mass is 16.5. The van der Waals surface area contributed by atoms with Crippen LogP contribution in [0.25, 0.3) is 11.3 Å². The minimum atomic E-state index is 0.355. The largest absolute Gasteiger partial charge is 0.497 e. The SMILES string of the molecule is COc1ccc(-c2cc(COc3cc(C)ccc3C)on2)cc1. The molecule has 0 saturated heterocycles. The maximum Gasteiger partial charge on any atom is 0.174 e. The van der Waals surface area contributed by atoms with Crippen LogP contribution in [0.2, 0.25) is 0 Å². The lowest BCUT2D eigenvalue weighted by molar-refractivity contribution is 0.248. The van der Waals surface area contributed by atoms with E-state index in [1.54, 1.807) is 7.11 Å². The number of rotatable bonds is 5. The van der Waals surface area contributed by atoms with Crippen LogP contribution in [0.4, 0.5) is 0 Å². The number of nitrogens with zero attached hydrogens (tertiary/aromatic N) is 1. The van der Waals surface area contributed by atoms with Gasteiger partial charge in [-0.1, -0.05) is 17.3 Å². The molecule has 118 valence electrons. The van der Waals surface area contributed by atoms with Crippen LogP contribution in [0.1, 0.15) is 16.9 Å². The van der Waals surface area contributed by atoms with Gasteiger partial charge in [-0.05, 0) is 55.3 Å². The molecule has 4 heteroatoms. The van der Waals surface area contributed by atoms with Crippen molar-refractivity contribution in [1.82, 2.24) is 5.16 Å². The third-order valence-corrected chi connectivity index (χ3v) is 3.66. The highest BCUT2D eigenvalue weighted by molar-refractivity contribution is 5.59. The molecule has 0 aliphatic carbocycles. The summed E-state index contributed by atoms with van der Waals surface area (Å²) in [6.07, 6.45) is 0. The molecule has 0 aliphatic rings. The second kappa shape index (κ2) is 6.57. The fraction of sp³-hybridized carbons (Fsp3) is 0.211. The standard InChI is InChI=1S/C19H19NO3/c1-13-4-5-14(2)19(10-13)22-12-17-11-18(20-23-17)15-6-8-16(21-3)9-7-15/h4-11H,12H2,1-3H3. The van der Waals surface area contributed by atoms with Crippen molar-refractivity contribution < 1.29 is 14.0 Å². The third kappa shape index (κ3) is 3.54. The number of methoxy groups -OCH3 is 1. The molecule has 0 spiro atoms. The molecule has 0 fully saturated rings. The Balaban J connectivity index is 1.70. The Bertz CT molecular complexity index is 791. The molecule has 0 aliphatic heterocycles. The van der Waals surface area contributed by atoms with Gasteiger partial charge in [-0.2, -0.15) is 0 Å². The monoisotopic (exact) mass is 309 g/mol. The number of ether oxygens (including phenoxy) is 2. The maximum absolute atomic E-state index is 5.84. The third-order valence-electron chi connectivity index (χ3n) is 3.66. The maximum atomic E-state index is 5.84. The van der Waals surface area contributed by atoms with Gasteiger partial charge in [0.2, 0.25) is 0 Å². The molecule has 1 aromatic heterocycles. The summed E-state index contributed by atoms with van der Waals surface area (Å²) in [5.74, 6) is 2.37. The van der Waals surface area contributed by atoms with Crippen molar-refractivity contribution >= 4 is 0 Å². The van der Waals surface area contributed by atoms with E-state index in [0.29, 0.717) is 12.4 Å². The van der Waals surface area contributed by atoms with Crippen LogP contribution in [0.5, 0.6) is 11.5 Å². The highest BCUT2D eigenvalue weighted by Crippen LogP contribution is 2.24. The molecule has 4 nitrogen and oxygen atoms in total. The van der Waals surface area contributed by atoms with Crippen LogP contribution in [0.15, 0.2) is 53.1 Å². The zero-order chi connectivity index (χ0) is 16.2. The van der Waals surface area contributed by atoms with Gasteiger partial charge in [0, 0.05) is 11.6 Å². The fourth-order valence-electron chi connectivity index (χ4n) is 2.29. The first kappa shape index (κ1) is 15.2. The Morgan fingerprint density at radius 1 is 1.00 bits per heavy atom. The van der Waals surface area contributed by atoms with Crippen molar-refractivity contribution in [2.75, 3.05) is 7.11 Å². The lowest BCUT2D eigenvalue weighted by Gasteiger charge is -2.07. The van der Waals surface area contributed by atoms with Crippen LogP contribution in [-0.2, 0) is 6.61 Å². The predicted molar refractivity (Wildman–Crippen MR) is 88.7 cm³/mol. The van der Waals surface area contributed by atoms with Gasteiger partial charge in [0.1, 0.15) is 23.8 Å². The molecule has 0 atom stereocenters. The summed E-state index contributed by atoms with van der Waals surface area (Å²) < 4.78 is 16.4. The number of benzene rings is 2. The summed E-state index contributed by atoms with van der Waals surface area (Å²) in [5.41, 5.74) is 4.03. The normalized spacial score (nSPS) is 10.6. The summed E-state index contributed by atoms with van der Waals surface area (Å²) >= 11 is 0. The lowest BCUT2D eigenvalue weighted by atomic mass is 10.1. The summed E-state index contributed by atoms with van der Waals surface area (Å²) in [6.45, 7) is 4.42. The van der Waals surface area contributed by atoms with Gasteiger partial charge in [-0.3, -0.25) is 0 Å². The van der Waals surface area contributed by atoms with Gasteiger partial charge >= 0.3 is 0 Å². The molecule has 0 radical (unpaired) electrons. The minimum Gasteiger partial charge on any atom is -0.497 e. The van der Waals surface area contributed by atoms with E-state index < -0.39 is 0 Å². The first-order valence-electron chi connectivity index (χ1n) is 7.46. The van der Waals surface area contributed by atoms with Crippen molar-refractivity contribution in [2.24, 2.45) is 0 Å². The van der Waals surface area contributed by atoms with Gasteiger partial charge in [0.15, 0.2) is 5.76 Å². The van der Waals surface area contributed by atoms with Gasteiger partial charge in [-0.25, -0.2) is 0 Å². The topological polar surface area (TPSA) is 44.5 Å². The summed E-state index contributed by atoms with van der Waals surface area (Å²) in [6, 6.07) is 15.7. The number of aryl methyl sites for hydroxylation is 2. The van der Waals surface area contributed by atoms with Crippen LogP contribution >= 0.6 is 0 Å². The average Bonchev–Trinajstić information content (AvgIpc) is 3.05. The molecule has 0 amide bonds. The summed E-state index contributed by atoms with van der Waals surface area (Å²) in [4.78, 5) is 0. The molecule has 0 saturated carbocycles.